The summed E-state index contributed by atoms with van der Waals surface area (Å²) in [5, 5.41) is 13.8. The number of amides is 2. The number of carboxylic acids is 1. The molecule has 1 aromatic rings. The lowest BCUT2D eigenvalue weighted by atomic mass is 10.0. The van der Waals surface area contributed by atoms with Crippen molar-refractivity contribution in [3.8, 4) is 0 Å². The highest BCUT2D eigenvalue weighted by Crippen LogP contribution is 2.19. The Morgan fingerprint density at radius 1 is 1.40 bits per heavy atom. The number of carboxylic acid groups (broad SMARTS) is 1. The minimum absolute atomic E-state index is 0.136. The topological polar surface area (TPSA) is 78.4 Å². The lowest BCUT2D eigenvalue weighted by molar-refractivity contribution is -0.139. The van der Waals surface area contributed by atoms with Crippen molar-refractivity contribution < 1.29 is 19.1 Å². The van der Waals surface area contributed by atoms with Gasteiger partial charge in [-0.2, -0.15) is 0 Å². The third-order valence-electron chi connectivity index (χ3n) is 2.49. The van der Waals surface area contributed by atoms with Gasteiger partial charge in [0.15, 0.2) is 0 Å². The van der Waals surface area contributed by atoms with Crippen LogP contribution in [0.25, 0.3) is 0 Å². The maximum absolute atomic E-state index is 13.0. The van der Waals surface area contributed by atoms with Crippen LogP contribution in [0.15, 0.2) is 22.7 Å². The fourth-order valence-corrected chi connectivity index (χ4v) is 1.97. The molecule has 0 spiro atoms. The zero-order chi connectivity index (χ0) is 15.3. The lowest BCUT2D eigenvalue weighted by Crippen LogP contribution is -2.43. The predicted molar refractivity (Wildman–Crippen MR) is 77.1 cm³/mol. The van der Waals surface area contributed by atoms with Crippen molar-refractivity contribution in [3.05, 3.63) is 28.5 Å². The molecule has 110 valence electrons. The first-order valence-corrected chi connectivity index (χ1v) is 6.84. The van der Waals surface area contributed by atoms with Crippen LogP contribution >= 0.6 is 15.9 Å². The molecular formula is C13H16BrFN2O3. The second kappa shape index (κ2) is 7.23. The molecule has 7 heteroatoms. The number of carbonyl (C=O) groups excluding carboxylic acids is 1. The SMILES string of the molecule is CC(C)C[C@H](NC(=O)Nc1ccc(F)c(Br)c1)C(=O)O. The number of halogens is 2. The molecule has 20 heavy (non-hydrogen) atoms. The molecule has 0 saturated carbocycles. The largest absolute Gasteiger partial charge is 0.480 e. The first kappa shape index (κ1) is 16.4. The molecule has 0 aliphatic heterocycles. The Kier molecular flexibility index (Phi) is 5.94. The summed E-state index contributed by atoms with van der Waals surface area (Å²) < 4.78 is 13.3. The predicted octanol–water partition coefficient (Wildman–Crippen LogP) is 3.21. The number of urea groups is 1. The molecule has 1 aromatic carbocycles. The van der Waals surface area contributed by atoms with Gasteiger partial charge >= 0.3 is 12.0 Å². The number of rotatable bonds is 5. The number of anilines is 1. The van der Waals surface area contributed by atoms with Crippen LogP contribution in [0.1, 0.15) is 20.3 Å². The van der Waals surface area contributed by atoms with E-state index in [1.807, 2.05) is 13.8 Å². The van der Waals surface area contributed by atoms with Crippen LogP contribution in [0.4, 0.5) is 14.9 Å². The minimum Gasteiger partial charge on any atom is -0.480 e. The molecule has 5 nitrogen and oxygen atoms in total. The van der Waals surface area contributed by atoms with E-state index in [9.17, 15) is 14.0 Å². The molecule has 3 N–H and O–H groups in total. The van der Waals surface area contributed by atoms with E-state index in [0.717, 1.165) is 0 Å². The molecular weight excluding hydrogens is 331 g/mol. The number of nitrogens with one attached hydrogen (secondary N) is 2. The summed E-state index contributed by atoms with van der Waals surface area (Å²) in [6.07, 6.45) is 0.329. The van der Waals surface area contributed by atoms with Gasteiger partial charge < -0.3 is 15.7 Å². The van der Waals surface area contributed by atoms with Crippen molar-refractivity contribution in [2.45, 2.75) is 26.3 Å². The smallest absolute Gasteiger partial charge is 0.326 e. The standard InChI is InChI=1S/C13H16BrFN2O3/c1-7(2)5-11(12(18)19)17-13(20)16-8-3-4-10(15)9(14)6-8/h3-4,6-7,11H,5H2,1-2H3,(H,18,19)(H2,16,17,20)/t11-/m0/s1. The Morgan fingerprint density at radius 2 is 2.05 bits per heavy atom. The van der Waals surface area contributed by atoms with Gasteiger partial charge in [-0.1, -0.05) is 13.8 Å². The van der Waals surface area contributed by atoms with Gasteiger partial charge in [0, 0.05) is 5.69 Å². The monoisotopic (exact) mass is 346 g/mol. The molecule has 0 aliphatic carbocycles. The van der Waals surface area contributed by atoms with E-state index in [1.54, 1.807) is 0 Å². The van der Waals surface area contributed by atoms with E-state index >= 15 is 0 Å². The van der Waals surface area contributed by atoms with Crippen molar-refractivity contribution in [2.24, 2.45) is 5.92 Å². The Labute approximate surface area is 124 Å². The summed E-state index contributed by atoms with van der Waals surface area (Å²) >= 11 is 3.00. The summed E-state index contributed by atoms with van der Waals surface area (Å²) in [5.74, 6) is -1.40. The van der Waals surface area contributed by atoms with E-state index in [2.05, 4.69) is 26.6 Å². The Balaban J connectivity index is 2.65. The maximum atomic E-state index is 13.0. The molecule has 2 amide bonds. The van der Waals surface area contributed by atoms with E-state index in [1.165, 1.54) is 18.2 Å². The molecule has 0 heterocycles. The molecule has 0 unspecified atom stereocenters. The highest BCUT2D eigenvalue weighted by atomic mass is 79.9. The van der Waals surface area contributed by atoms with Crippen LogP contribution < -0.4 is 10.6 Å². The second-order valence-corrected chi connectivity index (χ2v) is 5.60. The zero-order valence-corrected chi connectivity index (χ0v) is 12.7. The van der Waals surface area contributed by atoms with Crippen LogP contribution in [0.2, 0.25) is 0 Å². The first-order chi connectivity index (χ1) is 9.29. The van der Waals surface area contributed by atoms with Gasteiger partial charge in [0.2, 0.25) is 0 Å². The fourth-order valence-electron chi connectivity index (χ4n) is 1.59. The van der Waals surface area contributed by atoms with Crippen LogP contribution in [0.5, 0.6) is 0 Å². The summed E-state index contributed by atoms with van der Waals surface area (Å²) in [7, 11) is 0. The van der Waals surface area contributed by atoms with E-state index < -0.39 is 23.9 Å². The van der Waals surface area contributed by atoms with Crippen LogP contribution in [-0.4, -0.2) is 23.1 Å². The molecule has 0 fully saturated rings. The van der Waals surface area contributed by atoms with Gasteiger partial charge in [0.1, 0.15) is 11.9 Å². The molecule has 1 atom stereocenters. The Morgan fingerprint density at radius 3 is 2.55 bits per heavy atom. The van der Waals surface area contributed by atoms with Crippen molar-refractivity contribution in [2.75, 3.05) is 5.32 Å². The van der Waals surface area contributed by atoms with E-state index in [4.69, 9.17) is 5.11 Å². The molecule has 0 aliphatic rings. The van der Waals surface area contributed by atoms with Gasteiger partial charge in [0.05, 0.1) is 4.47 Å². The normalized spacial score (nSPS) is 12.1. The number of benzene rings is 1. The minimum atomic E-state index is -1.09. The summed E-state index contributed by atoms with van der Waals surface area (Å²) in [6, 6.07) is 2.38. The number of hydrogen-bond donors (Lipinski definition) is 3. The van der Waals surface area contributed by atoms with Crippen molar-refractivity contribution in [1.82, 2.24) is 5.32 Å². The van der Waals surface area contributed by atoms with E-state index in [0.29, 0.717) is 12.1 Å². The van der Waals surface area contributed by atoms with Crippen LogP contribution in [-0.2, 0) is 4.79 Å². The van der Waals surface area contributed by atoms with Crippen molar-refractivity contribution in [3.63, 3.8) is 0 Å². The highest BCUT2D eigenvalue weighted by molar-refractivity contribution is 9.10. The van der Waals surface area contributed by atoms with E-state index in [-0.39, 0.29) is 10.4 Å². The van der Waals surface area contributed by atoms with Gasteiger partial charge in [-0.05, 0) is 46.5 Å². The third-order valence-corrected chi connectivity index (χ3v) is 3.10. The van der Waals surface area contributed by atoms with Gasteiger partial charge in [-0.15, -0.1) is 0 Å². The highest BCUT2D eigenvalue weighted by Gasteiger charge is 2.21. The quantitative estimate of drug-likeness (QED) is 0.765. The number of hydrogen-bond acceptors (Lipinski definition) is 2. The summed E-state index contributed by atoms with van der Waals surface area (Å²) in [6.45, 7) is 3.74. The second-order valence-electron chi connectivity index (χ2n) is 4.75. The lowest BCUT2D eigenvalue weighted by Gasteiger charge is -2.17. The average Bonchev–Trinajstić information content (AvgIpc) is 2.32. The third kappa shape index (κ3) is 5.16. The van der Waals surface area contributed by atoms with Gasteiger partial charge in [0.25, 0.3) is 0 Å². The first-order valence-electron chi connectivity index (χ1n) is 6.05. The Hall–Kier alpha value is -1.63. The van der Waals surface area contributed by atoms with Crippen molar-refractivity contribution in [1.29, 1.82) is 0 Å². The van der Waals surface area contributed by atoms with Gasteiger partial charge in [-0.25, -0.2) is 14.0 Å². The average molecular weight is 347 g/mol. The number of aliphatic carboxylic acids is 1. The zero-order valence-electron chi connectivity index (χ0n) is 11.1. The molecule has 1 rings (SSSR count). The summed E-state index contributed by atoms with van der Waals surface area (Å²) in [5.41, 5.74) is 0.365. The molecule has 0 bridgehead atoms. The maximum Gasteiger partial charge on any atom is 0.326 e. The van der Waals surface area contributed by atoms with Crippen LogP contribution in [0.3, 0.4) is 0 Å². The van der Waals surface area contributed by atoms with Crippen molar-refractivity contribution >= 4 is 33.6 Å². The van der Waals surface area contributed by atoms with Crippen LogP contribution in [0, 0.1) is 11.7 Å². The Bertz CT molecular complexity index is 508. The molecule has 0 aromatic heterocycles. The molecule has 0 radical (unpaired) electrons. The van der Waals surface area contributed by atoms with Gasteiger partial charge in [-0.3, -0.25) is 0 Å². The summed E-state index contributed by atoms with van der Waals surface area (Å²) in [4.78, 5) is 22.7. The fraction of sp³-hybridized carbons (Fsp3) is 0.385. The molecule has 0 saturated heterocycles. The number of carbonyl (C=O) groups is 2.